The Labute approximate surface area is 181 Å². The molecule has 1 N–H and O–H groups in total. The molecule has 0 spiro atoms. The van der Waals surface area contributed by atoms with Gasteiger partial charge in [-0.3, -0.25) is 10.1 Å². The molecule has 2 aliphatic rings. The summed E-state index contributed by atoms with van der Waals surface area (Å²) in [5, 5.41) is 3.42. The third-order valence-electron chi connectivity index (χ3n) is 5.77. The van der Waals surface area contributed by atoms with Crippen LogP contribution in [0.3, 0.4) is 0 Å². The summed E-state index contributed by atoms with van der Waals surface area (Å²) in [5.74, 6) is 1.69. The molecule has 0 saturated carbocycles. The maximum absolute atomic E-state index is 13.3. The molecule has 0 bridgehead atoms. The van der Waals surface area contributed by atoms with Gasteiger partial charge in [-0.25, -0.2) is 9.97 Å². The molecule has 3 heterocycles. The Hall–Kier alpha value is -1.70. The first-order valence-corrected chi connectivity index (χ1v) is 11.5. The molecule has 2 aromatic heterocycles. The van der Waals surface area contributed by atoms with E-state index in [0.29, 0.717) is 23.3 Å². The highest BCUT2D eigenvalue weighted by Gasteiger charge is 2.32. The molecule has 29 heavy (non-hydrogen) atoms. The van der Waals surface area contributed by atoms with E-state index in [1.165, 1.54) is 22.6 Å². The maximum Gasteiger partial charge on any atom is 0.245 e. The molecule has 2 aromatic rings. The first-order valence-electron chi connectivity index (χ1n) is 10.3. The summed E-state index contributed by atoms with van der Waals surface area (Å²) in [7, 11) is 0. The van der Waals surface area contributed by atoms with Crippen molar-refractivity contribution in [2.24, 2.45) is 0 Å². The largest absolute Gasteiger partial charge is 0.353 e. The van der Waals surface area contributed by atoms with Gasteiger partial charge in [-0.1, -0.05) is 18.5 Å². The number of aromatic nitrogens is 2. The van der Waals surface area contributed by atoms with Gasteiger partial charge in [0.2, 0.25) is 5.91 Å². The van der Waals surface area contributed by atoms with Gasteiger partial charge >= 0.3 is 0 Å². The van der Waals surface area contributed by atoms with Gasteiger partial charge < -0.3 is 9.80 Å². The molecule has 1 amide bonds. The average molecular weight is 434 g/mol. The standard InChI is InChI=1S/C21H28ClN5OS/c1-13(2)25-19(16-6-7-17(22)29-16)21(28)27-10-8-26(9-11-27)20-18-14(3)4-5-15(18)23-12-24-20/h6-7,12-14,19,25H,4-5,8-11H2,1-3H3/t14-,19-/m1/s1. The predicted molar refractivity (Wildman–Crippen MR) is 118 cm³/mol. The third kappa shape index (κ3) is 4.27. The third-order valence-corrected chi connectivity index (χ3v) is 7.06. The fourth-order valence-electron chi connectivity index (χ4n) is 4.29. The summed E-state index contributed by atoms with van der Waals surface area (Å²) in [5.41, 5.74) is 2.50. The number of carbonyl (C=O) groups excluding carboxylic acids is 1. The molecule has 1 fully saturated rings. The minimum Gasteiger partial charge on any atom is -0.353 e. The van der Waals surface area contributed by atoms with Crippen molar-refractivity contribution in [1.29, 1.82) is 0 Å². The molecule has 1 aliphatic carbocycles. The lowest BCUT2D eigenvalue weighted by molar-refractivity contribution is -0.134. The number of carbonyl (C=O) groups is 1. The number of aryl methyl sites for hydroxylation is 1. The van der Waals surface area contributed by atoms with Gasteiger partial charge in [-0.05, 0) is 44.7 Å². The summed E-state index contributed by atoms with van der Waals surface area (Å²) in [6.07, 6.45) is 3.87. The lowest BCUT2D eigenvalue weighted by Gasteiger charge is -2.38. The summed E-state index contributed by atoms with van der Waals surface area (Å²) in [6, 6.07) is 3.67. The number of nitrogens with zero attached hydrogens (tertiary/aromatic N) is 4. The predicted octanol–water partition coefficient (Wildman–Crippen LogP) is 3.63. The van der Waals surface area contributed by atoms with Gasteiger partial charge in [-0.2, -0.15) is 0 Å². The fourth-order valence-corrected chi connectivity index (χ4v) is 5.40. The quantitative estimate of drug-likeness (QED) is 0.780. The fraction of sp³-hybridized carbons (Fsp3) is 0.571. The number of amides is 1. The lowest BCUT2D eigenvalue weighted by Crippen LogP contribution is -2.52. The van der Waals surface area contributed by atoms with E-state index in [1.807, 2.05) is 17.0 Å². The van der Waals surface area contributed by atoms with Gasteiger partial charge in [0, 0.05) is 48.4 Å². The Morgan fingerprint density at radius 2 is 2.00 bits per heavy atom. The van der Waals surface area contributed by atoms with Crippen molar-refractivity contribution >= 4 is 34.7 Å². The van der Waals surface area contributed by atoms with Gasteiger partial charge in [0.15, 0.2) is 0 Å². The number of piperazine rings is 1. The van der Waals surface area contributed by atoms with Crippen LogP contribution in [0.15, 0.2) is 18.5 Å². The Morgan fingerprint density at radius 3 is 2.66 bits per heavy atom. The van der Waals surface area contributed by atoms with Crippen molar-refractivity contribution in [2.45, 2.75) is 51.6 Å². The van der Waals surface area contributed by atoms with Crippen LogP contribution >= 0.6 is 22.9 Å². The van der Waals surface area contributed by atoms with Crippen molar-refractivity contribution in [2.75, 3.05) is 31.1 Å². The van der Waals surface area contributed by atoms with Gasteiger partial charge in [0.25, 0.3) is 0 Å². The number of anilines is 1. The van der Waals surface area contributed by atoms with E-state index >= 15 is 0 Å². The van der Waals surface area contributed by atoms with Crippen LogP contribution in [0.25, 0.3) is 0 Å². The minimum atomic E-state index is -0.345. The second kappa shape index (κ2) is 8.58. The zero-order valence-corrected chi connectivity index (χ0v) is 18.8. The van der Waals surface area contributed by atoms with Crippen molar-refractivity contribution in [3.05, 3.63) is 38.9 Å². The van der Waals surface area contributed by atoms with E-state index in [1.54, 1.807) is 6.33 Å². The Kier molecular flexibility index (Phi) is 6.08. The van der Waals surface area contributed by atoms with Crippen molar-refractivity contribution in [1.82, 2.24) is 20.2 Å². The van der Waals surface area contributed by atoms with Crippen LogP contribution in [0.2, 0.25) is 4.34 Å². The number of fused-ring (bicyclic) bond motifs is 1. The average Bonchev–Trinajstić information content (AvgIpc) is 3.31. The smallest absolute Gasteiger partial charge is 0.245 e. The highest BCUT2D eigenvalue weighted by Crippen LogP contribution is 2.37. The number of nitrogens with one attached hydrogen (secondary N) is 1. The summed E-state index contributed by atoms with van der Waals surface area (Å²) in [6.45, 7) is 9.35. The molecule has 4 rings (SSSR count). The molecule has 8 heteroatoms. The molecule has 0 radical (unpaired) electrons. The molecule has 156 valence electrons. The Morgan fingerprint density at radius 1 is 1.24 bits per heavy atom. The van der Waals surface area contributed by atoms with Crippen LogP contribution in [0.5, 0.6) is 0 Å². The van der Waals surface area contributed by atoms with E-state index in [9.17, 15) is 4.79 Å². The summed E-state index contributed by atoms with van der Waals surface area (Å²) in [4.78, 5) is 27.6. The van der Waals surface area contributed by atoms with Crippen LogP contribution in [-0.4, -0.2) is 53.0 Å². The van der Waals surface area contributed by atoms with Gasteiger partial charge in [-0.15, -0.1) is 11.3 Å². The lowest BCUT2D eigenvalue weighted by atomic mass is 10.1. The second-order valence-corrected chi connectivity index (χ2v) is 9.95. The maximum atomic E-state index is 13.3. The molecule has 1 saturated heterocycles. The number of hydrogen-bond acceptors (Lipinski definition) is 6. The zero-order valence-electron chi connectivity index (χ0n) is 17.2. The van der Waals surface area contributed by atoms with E-state index in [2.05, 4.69) is 41.0 Å². The zero-order chi connectivity index (χ0) is 20.5. The Bertz CT molecular complexity index is 878. The molecule has 2 atom stereocenters. The summed E-state index contributed by atoms with van der Waals surface area (Å²) < 4.78 is 0.708. The molecule has 6 nitrogen and oxygen atoms in total. The van der Waals surface area contributed by atoms with Crippen LogP contribution < -0.4 is 10.2 Å². The normalized spacial score (nSPS) is 20.2. The second-order valence-electron chi connectivity index (χ2n) is 8.21. The SMILES string of the molecule is CC(C)N[C@@H](C(=O)N1CCN(c2ncnc3c2[C@H](C)CC3)CC1)c1ccc(Cl)s1. The molecular weight excluding hydrogens is 406 g/mol. The van der Waals surface area contributed by atoms with Crippen LogP contribution in [0.4, 0.5) is 5.82 Å². The van der Waals surface area contributed by atoms with E-state index < -0.39 is 0 Å². The van der Waals surface area contributed by atoms with Crippen molar-refractivity contribution in [3.8, 4) is 0 Å². The Balaban J connectivity index is 1.46. The minimum absolute atomic E-state index is 0.123. The number of thiophene rings is 1. The molecule has 0 aromatic carbocycles. The van der Waals surface area contributed by atoms with Gasteiger partial charge in [0.05, 0.1) is 4.34 Å². The molecule has 0 unspecified atom stereocenters. The first-order chi connectivity index (χ1) is 13.9. The monoisotopic (exact) mass is 433 g/mol. The van der Waals surface area contributed by atoms with Crippen molar-refractivity contribution < 1.29 is 4.79 Å². The van der Waals surface area contributed by atoms with Crippen molar-refractivity contribution in [3.63, 3.8) is 0 Å². The highest BCUT2D eigenvalue weighted by molar-refractivity contribution is 7.16. The number of rotatable bonds is 5. The van der Waals surface area contributed by atoms with Crippen LogP contribution in [-0.2, 0) is 11.2 Å². The van der Waals surface area contributed by atoms with Crippen LogP contribution in [0.1, 0.15) is 55.3 Å². The molecular formula is C21H28ClN5OS. The van der Waals surface area contributed by atoms with Gasteiger partial charge in [0.1, 0.15) is 18.2 Å². The number of halogens is 1. The van der Waals surface area contributed by atoms with E-state index in [-0.39, 0.29) is 18.0 Å². The summed E-state index contributed by atoms with van der Waals surface area (Å²) >= 11 is 7.59. The topological polar surface area (TPSA) is 61.4 Å². The highest BCUT2D eigenvalue weighted by atomic mass is 35.5. The number of hydrogen-bond donors (Lipinski definition) is 1. The van der Waals surface area contributed by atoms with Crippen LogP contribution in [0, 0.1) is 0 Å². The van der Waals surface area contributed by atoms with E-state index in [4.69, 9.17) is 11.6 Å². The van der Waals surface area contributed by atoms with E-state index in [0.717, 1.165) is 36.6 Å². The first kappa shape index (κ1) is 20.6. The molecule has 1 aliphatic heterocycles.